The third kappa shape index (κ3) is 2.25. The summed E-state index contributed by atoms with van der Waals surface area (Å²) < 4.78 is 4.69. The van der Waals surface area contributed by atoms with Crippen LogP contribution in [0.1, 0.15) is 40.2 Å². The number of thiophene rings is 1. The number of hydrogen-bond acceptors (Lipinski definition) is 5. The molecule has 0 aromatic carbocycles. The van der Waals surface area contributed by atoms with Crippen molar-refractivity contribution >= 4 is 29.2 Å². The SMILES string of the molecule is COC(=O)c1ccc(CN2C(=O)NC(C3CC3)(C3CC3)C2=O)s1. The van der Waals surface area contributed by atoms with Crippen LogP contribution in [-0.2, 0) is 16.1 Å². The lowest BCUT2D eigenvalue weighted by Gasteiger charge is -2.26. The Balaban J connectivity index is 1.55. The van der Waals surface area contributed by atoms with Gasteiger partial charge >= 0.3 is 12.0 Å². The topological polar surface area (TPSA) is 75.7 Å². The van der Waals surface area contributed by atoms with Crippen molar-refractivity contribution in [3.8, 4) is 0 Å². The molecule has 2 saturated carbocycles. The van der Waals surface area contributed by atoms with E-state index in [9.17, 15) is 14.4 Å². The van der Waals surface area contributed by atoms with E-state index >= 15 is 0 Å². The van der Waals surface area contributed by atoms with Crippen molar-refractivity contribution in [2.24, 2.45) is 11.8 Å². The van der Waals surface area contributed by atoms with E-state index in [1.54, 1.807) is 12.1 Å². The Morgan fingerprint density at radius 2 is 1.96 bits per heavy atom. The van der Waals surface area contributed by atoms with E-state index in [4.69, 9.17) is 0 Å². The van der Waals surface area contributed by atoms with Gasteiger partial charge in [-0.1, -0.05) is 0 Å². The Kier molecular flexibility index (Phi) is 3.23. The highest BCUT2D eigenvalue weighted by Crippen LogP contribution is 2.54. The van der Waals surface area contributed by atoms with Crippen LogP contribution in [0.15, 0.2) is 12.1 Å². The zero-order chi connectivity index (χ0) is 16.2. The number of ether oxygens (including phenoxy) is 1. The lowest BCUT2D eigenvalue weighted by atomic mass is 9.87. The maximum absolute atomic E-state index is 13.0. The van der Waals surface area contributed by atoms with Gasteiger partial charge in [0.2, 0.25) is 0 Å². The second-order valence-electron chi connectivity index (χ2n) is 6.50. The van der Waals surface area contributed by atoms with Gasteiger partial charge in [-0.15, -0.1) is 11.3 Å². The standard InChI is InChI=1S/C16H18N2O4S/c1-22-13(19)12-7-6-11(23-12)8-18-14(20)16(9-2-3-9,10-4-5-10)17-15(18)21/h6-7,9-10H,2-5,8H2,1H3,(H,17,21). The second-order valence-corrected chi connectivity index (χ2v) is 7.66. The lowest BCUT2D eigenvalue weighted by molar-refractivity contribution is -0.133. The molecule has 1 aromatic rings. The van der Waals surface area contributed by atoms with Gasteiger partial charge in [0.1, 0.15) is 10.4 Å². The highest BCUT2D eigenvalue weighted by Gasteiger charge is 2.65. The van der Waals surface area contributed by atoms with Crippen molar-refractivity contribution in [1.82, 2.24) is 10.2 Å². The molecule has 3 aliphatic rings. The van der Waals surface area contributed by atoms with Gasteiger partial charge in [0.15, 0.2) is 0 Å². The van der Waals surface area contributed by atoms with Crippen molar-refractivity contribution in [1.29, 1.82) is 0 Å². The van der Waals surface area contributed by atoms with Gasteiger partial charge < -0.3 is 10.1 Å². The van der Waals surface area contributed by atoms with E-state index < -0.39 is 11.5 Å². The van der Waals surface area contributed by atoms with Gasteiger partial charge in [0, 0.05) is 4.88 Å². The Bertz CT molecular complexity index is 678. The quantitative estimate of drug-likeness (QED) is 0.661. The second kappa shape index (κ2) is 5.06. The number of carbonyl (C=O) groups excluding carboxylic acids is 3. The summed E-state index contributed by atoms with van der Waals surface area (Å²) in [6.45, 7) is 0.216. The Hall–Kier alpha value is -1.89. The van der Waals surface area contributed by atoms with E-state index in [-0.39, 0.29) is 18.5 Å². The highest BCUT2D eigenvalue weighted by atomic mass is 32.1. The summed E-state index contributed by atoms with van der Waals surface area (Å²) in [6.07, 6.45) is 4.06. The summed E-state index contributed by atoms with van der Waals surface area (Å²) in [5.74, 6) is 0.111. The number of hydrogen-bond donors (Lipinski definition) is 1. The molecule has 0 bridgehead atoms. The van der Waals surface area contributed by atoms with Crippen LogP contribution in [0.25, 0.3) is 0 Å². The van der Waals surface area contributed by atoms with Crippen LogP contribution in [0.5, 0.6) is 0 Å². The smallest absolute Gasteiger partial charge is 0.348 e. The van der Waals surface area contributed by atoms with Crippen LogP contribution >= 0.6 is 11.3 Å². The van der Waals surface area contributed by atoms with Gasteiger partial charge in [-0.2, -0.15) is 0 Å². The first kappa shape index (κ1) is 14.7. The third-order valence-electron chi connectivity index (χ3n) is 4.96. The van der Waals surface area contributed by atoms with Crippen LogP contribution in [0.2, 0.25) is 0 Å². The molecule has 6 nitrogen and oxygen atoms in total. The molecule has 3 fully saturated rings. The molecule has 2 aliphatic carbocycles. The fourth-order valence-corrected chi connectivity index (χ4v) is 4.47. The number of carbonyl (C=O) groups is 3. The molecule has 1 aromatic heterocycles. The normalized spacial score (nSPS) is 23.1. The molecule has 122 valence electrons. The molecule has 0 atom stereocenters. The third-order valence-corrected chi connectivity index (χ3v) is 6.01. The van der Waals surface area contributed by atoms with Gasteiger partial charge in [-0.25, -0.2) is 9.59 Å². The van der Waals surface area contributed by atoms with Crippen molar-refractivity contribution in [3.05, 3.63) is 21.9 Å². The molecule has 1 N–H and O–H groups in total. The predicted molar refractivity (Wildman–Crippen MR) is 82.9 cm³/mol. The van der Waals surface area contributed by atoms with Crippen molar-refractivity contribution in [3.63, 3.8) is 0 Å². The largest absolute Gasteiger partial charge is 0.465 e. The molecule has 1 aliphatic heterocycles. The van der Waals surface area contributed by atoms with Crippen LogP contribution in [0, 0.1) is 11.8 Å². The molecule has 1 saturated heterocycles. The first-order valence-corrected chi connectivity index (χ1v) is 8.69. The zero-order valence-corrected chi connectivity index (χ0v) is 13.6. The van der Waals surface area contributed by atoms with Crippen molar-refractivity contribution in [2.45, 2.75) is 37.8 Å². The minimum atomic E-state index is -0.653. The monoisotopic (exact) mass is 334 g/mol. The number of rotatable bonds is 5. The lowest BCUT2D eigenvalue weighted by Crippen LogP contribution is -2.51. The number of imide groups is 1. The number of urea groups is 1. The number of methoxy groups -OCH3 is 1. The van der Waals surface area contributed by atoms with Crippen molar-refractivity contribution < 1.29 is 19.1 Å². The molecule has 3 amide bonds. The average molecular weight is 334 g/mol. The summed E-state index contributed by atoms with van der Waals surface area (Å²) in [4.78, 5) is 39.4. The Morgan fingerprint density at radius 1 is 1.30 bits per heavy atom. The number of amides is 3. The van der Waals surface area contributed by atoms with Gasteiger partial charge in [-0.05, 0) is 49.7 Å². The summed E-state index contributed by atoms with van der Waals surface area (Å²) in [5.41, 5.74) is -0.653. The molecule has 7 heteroatoms. The van der Waals surface area contributed by atoms with Crippen molar-refractivity contribution in [2.75, 3.05) is 7.11 Å². The van der Waals surface area contributed by atoms with E-state index in [1.807, 2.05) is 0 Å². The summed E-state index contributed by atoms with van der Waals surface area (Å²) in [6, 6.07) is 3.13. The average Bonchev–Trinajstić information content (AvgIpc) is 3.46. The van der Waals surface area contributed by atoms with Crippen LogP contribution < -0.4 is 5.32 Å². The molecule has 0 spiro atoms. The number of nitrogens with zero attached hydrogens (tertiary/aromatic N) is 1. The first-order valence-electron chi connectivity index (χ1n) is 7.87. The Morgan fingerprint density at radius 3 is 2.52 bits per heavy atom. The molecular formula is C16H18N2O4S. The summed E-state index contributed by atoms with van der Waals surface area (Å²) in [5, 5.41) is 3.00. The number of nitrogens with one attached hydrogen (secondary N) is 1. The zero-order valence-electron chi connectivity index (χ0n) is 12.8. The van der Waals surface area contributed by atoms with E-state index in [0.717, 1.165) is 30.6 Å². The van der Waals surface area contributed by atoms with Gasteiger partial charge in [-0.3, -0.25) is 9.69 Å². The molecule has 0 unspecified atom stereocenters. The minimum absolute atomic E-state index is 0.0829. The maximum atomic E-state index is 13.0. The number of esters is 1. The maximum Gasteiger partial charge on any atom is 0.348 e. The first-order chi connectivity index (χ1) is 11.1. The van der Waals surface area contributed by atoms with Crippen LogP contribution in [0.4, 0.5) is 4.79 Å². The Labute approximate surface area is 137 Å². The molecule has 23 heavy (non-hydrogen) atoms. The predicted octanol–water partition coefficient (Wildman–Crippen LogP) is 2.15. The van der Waals surface area contributed by atoms with Crippen LogP contribution in [0.3, 0.4) is 0 Å². The van der Waals surface area contributed by atoms with E-state index in [2.05, 4.69) is 10.1 Å². The van der Waals surface area contributed by atoms with E-state index in [1.165, 1.54) is 23.3 Å². The molecule has 2 heterocycles. The highest BCUT2D eigenvalue weighted by molar-refractivity contribution is 7.13. The molecular weight excluding hydrogens is 316 g/mol. The molecule has 0 radical (unpaired) electrons. The fourth-order valence-electron chi connectivity index (χ4n) is 3.55. The van der Waals surface area contributed by atoms with Crippen LogP contribution in [-0.4, -0.2) is 35.5 Å². The summed E-state index contributed by atoms with van der Waals surface area (Å²) in [7, 11) is 1.33. The van der Waals surface area contributed by atoms with Gasteiger partial charge in [0.25, 0.3) is 5.91 Å². The summed E-state index contributed by atoms with van der Waals surface area (Å²) >= 11 is 1.26. The van der Waals surface area contributed by atoms with E-state index in [0.29, 0.717) is 16.7 Å². The fraction of sp³-hybridized carbons (Fsp3) is 0.562. The van der Waals surface area contributed by atoms with Gasteiger partial charge in [0.05, 0.1) is 13.7 Å². The molecule has 4 rings (SSSR count). The minimum Gasteiger partial charge on any atom is -0.465 e.